The molecule has 1 fully saturated rings. The Morgan fingerprint density at radius 1 is 0.709 bits per heavy atom. The van der Waals surface area contributed by atoms with Crippen LogP contribution in [0.15, 0.2) is 24.3 Å². The fraction of sp³-hybridized carbons (Fsp3) is 0.881. The zero-order valence-corrected chi connectivity index (χ0v) is 35.1. The van der Waals surface area contributed by atoms with Gasteiger partial charge in [-0.2, -0.15) is 8.42 Å². The monoisotopic (exact) mass is 806 g/mol. The van der Waals surface area contributed by atoms with Crippen molar-refractivity contribution in [1.82, 2.24) is 5.32 Å². The molecule has 1 amide bonds. The minimum Gasteiger partial charge on any atom is -0.394 e. The van der Waals surface area contributed by atoms with E-state index in [-0.39, 0.29) is 18.9 Å². The Balaban J connectivity index is 2.58. The molecule has 324 valence electrons. The number of unbranched alkanes of at least 4 members (excludes halogenated alkanes) is 22. The summed E-state index contributed by atoms with van der Waals surface area (Å²) >= 11 is 0. The summed E-state index contributed by atoms with van der Waals surface area (Å²) in [7, 11) is -5.08. The van der Waals surface area contributed by atoms with E-state index in [0.717, 1.165) is 57.8 Å². The molecule has 0 aromatic rings. The highest BCUT2D eigenvalue weighted by molar-refractivity contribution is 7.80. The number of carbonyl (C=O) groups is 1. The average Bonchev–Trinajstić information content (AvgIpc) is 3.15. The van der Waals surface area contributed by atoms with E-state index in [1.165, 1.54) is 96.3 Å². The van der Waals surface area contributed by atoms with Crippen LogP contribution in [-0.2, 0) is 28.9 Å². The molecular weight excluding hydrogens is 727 g/mol. The number of hydrogen-bond donors (Lipinski definition) is 6. The van der Waals surface area contributed by atoms with Crippen molar-refractivity contribution in [3.05, 3.63) is 24.3 Å². The summed E-state index contributed by atoms with van der Waals surface area (Å²) < 4.78 is 47.5. The van der Waals surface area contributed by atoms with Crippen LogP contribution in [0.1, 0.15) is 181 Å². The van der Waals surface area contributed by atoms with E-state index < -0.39 is 59.9 Å². The van der Waals surface area contributed by atoms with E-state index in [2.05, 4.69) is 35.5 Å². The molecule has 6 N–H and O–H groups in total. The van der Waals surface area contributed by atoms with Gasteiger partial charge in [0.2, 0.25) is 5.91 Å². The quantitative estimate of drug-likeness (QED) is 0.0206. The fourth-order valence-electron chi connectivity index (χ4n) is 6.80. The van der Waals surface area contributed by atoms with Crippen molar-refractivity contribution in [3.63, 3.8) is 0 Å². The molecule has 7 unspecified atom stereocenters. The molecule has 0 radical (unpaired) electrons. The van der Waals surface area contributed by atoms with Gasteiger partial charge in [0.15, 0.2) is 6.29 Å². The van der Waals surface area contributed by atoms with Crippen molar-refractivity contribution in [2.45, 2.75) is 224 Å². The summed E-state index contributed by atoms with van der Waals surface area (Å²) in [5, 5.41) is 44.6. The lowest BCUT2D eigenvalue weighted by Gasteiger charge is -2.41. The zero-order chi connectivity index (χ0) is 40.6. The van der Waals surface area contributed by atoms with Gasteiger partial charge in [0.05, 0.1) is 25.4 Å². The van der Waals surface area contributed by atoms with E-state index in [4.69, 9.17) is 14.0 Å². The molecule has 0 aliphatic carbocycles. The lowest BCUT2D eigenvalue weighted by atomic mass is 9.99. The maximum absolute atomic E-state index is 13.0. The first-order valence-corrected chi connectivity index (χ1v) is 23.1. The first-order valence-electron chi connectivity index (χ1n) is 21.7. The molecule has 0 aromatic carbocycles. The molecule has 55 heavy (non-hydrogen) atoms. The highest BCUT2D eigenvalue weighted by atomic mass is 32.3. The Hall–Kier alpha value is -1.42. The van der Waals surface area contributed by atoms with Crippen molar-refractivity contribution in [2.24, 2.45) is 0 Å². The van der Waals surface area contributed by atoms with Gasteiger partial charge in [0.25, 0.3) is 0 Å². The first kappa shape index (κ1) is 51.6. The van der Waals surface area contributed by atoms with Crippen LogP contribution in [0.5, 0.6) is 0 Å². The van der Waals surface area contributed by atoms with Crippen molar-refractivity contribution in [3.8, 4) is 0 Å². The largest absolute Gasteiger partial charge is 0.397 e. The Kier molecular flexibility index (Phi) is 31.5. The molecule has 1 aliphatic heterocycles. The van der Waals surface area contributed by atoms with Crippen molar-refractivity contribution in [2.75, 3.05) is 13.2 Å². The van der Waals surface area contributed by atoms with Crippen LogP contribution in [0, 0.1) is 0 Å². The molecule has 12 nitrogen and oxygen atoms in total. The third-order valence-corrected chi connectivity index (χ3v) is 10.7. The van der Waals surface area contributed by atoms with Gasteiger partial charge >= 0.3 is 10.4 Å². The van der Waals surface area contributed by atoms with Crippen molar-refractivity contribution < 1.29 is 51.8 Å². The number of rotatable bonds is 36. The van der Waals surface area contributed by atoms with Gasteiger partial charge in [-0.25, -0.2) is 4.18 Å². The number of allylic oxidation sites excluding steroid dienone is 3. The lowest BCUT2D eigenvalue weighted by Crippen LogP contribution is -2.61. The Labute approximate surface area is 333 Å². The minimum atomic E-state index is -5.08. The summed E-state index contributed by atoms with van der Waals surface area (Å²) in [6.45, 7) is 3.34. The topological polar surface area (TPSA) is 192 Å². The predicted octanol–water partition coefficient (Wildman–Crippen LogP) is 7.77. The van der Waals surface area contributed by atoms with Crippen LogP contribution in [0.25, 0.3) is 0 Å². The highest BCUT2D eigenvalue weighted by Gasteiger charge is 2.48. The van der Waals surface area contributed by atoms with Gasteiger partial charge in [0, 0.05) is 6.42 Å². The van der Waals surface area contributed by atoms with E-state index >= 15 is 0 Å². The molecule has 1 rings (SSSR count). The van der Waals surface area contributed by atoms with Crippen LogP contribution in [-0.4, -0.2) is 95.4 Å². The number of amides is 1. The Morgan fingerprint density at radius 2 is 1.16 bits per heavy atom. The Bertz CT molecular complexity index is 1090. The molecule has 13 heteroatoms. The normalized spacial score (nSPS) is 21.8. The fourth-order valence-corrected chi connectivity index (χ4v) is 7.31. The average molecular weight is 806 g/mol. The van der Waals surface area contributed by atoms with Gasteiger partial charge in [0.1, 0.15) is 24.4 Å². The summed E-state index contributed by atoms with van der Waals surface area (Å²) in [4.78, 5) is 13.0. The van der Waals surface area contributed by atoms with Crippen molar-refractivity contribution in [1.29, 1.82) is 0 Å². The third-order valence-electron chi connectivity index (χ3n) is 10.2. The number of aliphatic hydroxyl groups excluding tert-OH is 4. The van der Waals surface area contributed by atoms with Gasteiger partial charge < -0.3 is 35.2 Å². The molecule has 7 atom stereocenters. The van der Waals surface area contributed by atoms with Crippen LogP contribution < -0.4 is 5.32 Å². The molecule has 0 bridgehead atoms. The second kappa shape index (κ2) is 33.5. The van der Waals surface area contributed by atoms with Gasteiger partial charge in [-0.05, 0) is 44.9 Å². The first-order chi connectivity index (χ1) is 26.5. The number of aliphatic hydroxyl groups is 4. The van der Waals surface area contributed by atoms with E-state index in [0.29, 0.717) is 6.42 Å². The maximum Gasteiger partial charge on any atom is 0.397 e. The minimum absolute atomic E-state index is 0.259. The van der Waals surface area contributed by atoms with Gasteiger partial charge in [-0.1, -0.05) is 154 Å². The lowest BCUT2D eigenvalue weighted by molar-refractivity contribution is -0.298. The molecular formula is C42H79NO11S. The van der Waals surface area contributed by atoms with Crippen LogP contribution >= 0.6 is 0 Å². The number of ether oxygens (including phenoxy) is 2. The summed E-state index contributed by atoms with van der Waals surface area (Å²) in [6, 6.07) is -0.944. The Morgan fingerprint density at radius 3 is 1.67 bits per heavy atom. The molecule has 1 aliphatic rings. The van der Waals surface area contributed by atoms with E-state index in [1.54, 1.807) is 6.08 Å². The maximum atomic E-state index is 13.0. The second-order valence-corrected chi connectivity index (χ2v) is 16.3. The number of hydrogen-bond acceptors (Lipinski definition) is 10. The van der Waals surface area contributed by atoms with E-state index in [9.17, 15) is 33.6 Å². The summed E-state index contributed by atoms with van der Waals surface area (Å²) in [5.41, 5.74) is 0. The predicted molar refractivity (Wildman–Crippen MR) is 218 cm³/mol. The molecule has 0 saturated carbocycles. The van der Waals surface area contributed by atoms with E-state index in [1.807, 2.05) is 6.08 Å². The molecule has 0 spiro atoms. The smallest absolute Gasteiger partial charge is 0.394 e. The molecule has 1 heterocycles. The number of carbonyl (C=O) groups excluding carboxylic acids is 1. The van der Waals surface area contributed by atoms with Crippen LogP contribution in [0.3, 0.4) is 0 Å². The zero-order valence-electron chi connectivity index (χ0n) is 34.2. The summed E-state index contributed by atoms with van der Waals surface area (Å²) in [6.07, 6.45) is 27.9. The third kappa shape index (κ3) is 27.0. The highest BCUT2D eigenvalue weighted by Crippen LogP contribution is 2.26. The van der Waals surface area contributed by atoms with Gasteiger partial charge in [-0.3, -0.25) is 9.35 Å². The second-order valence-electron chi connectivity index (χ2n) is 15.3. The van der Waals surface area contributed by atoms with Crippen LogP contribution in [0.2, 0.25) is 0 Å². The molecule has 0 aromatic heterocycles. The van der Waals surface area contributed by atoms with Gasteiger partial charge in [-0.15, -0.1) is 0 Å². The molecule has 1 saturated heterocycles. The van der Waals surface area contributed by atoms with Crippen LogP contribution in [0.4, 0.5) is 0 Å². The summed E-state index contributed by atoms with van der Waals surface area (Å²) in [5.74, 6) is -0.274. The standard InChI is InChI=1S/C42H79NO11S/c1-3-5-7-9-11-13-15-17-18-19-20-21-23-25-27-29-31-36(45)35(43-38(46)32-30-28-26-24-22-16-14-12-10-8-6-4-2)34-52-42-40(48)41(54-55(49,50)51)39(47)37(33-44)53-42/h12,14,29,31,35-37,39-42,44-45,47-48H,3-11,13,15-28,30,32-34H2,1-2H3,(H,43,46)(H,49,50,51)/b14-12-,31-29+. The van der Waals surface area contributed by atoms with Crippen molar-refractivity contribution >= 4 is 16.3 Å². The SMILES string of the molecule is CCCCC/C=C\CCCCCCCC(=O)NC(COC1OC(CO)C(O)C(OS(=O)(=O)O)C1O)C(O)/C=C/CCCCCCCCCCCCCCCC. The number of nitrogens with one attached hydrogen (secondary N) is 1.